The van der Waals surface area contributed by atoms with Crippen molar-refractivity contribution >= 4 is 0 Å². The smallest absolute Gasteiger partial charge is 0.0677 e. The molecule has 4 aliphatic rings. The lowest BCUT2D eigenvalue weighted by Gasteiger charge is -2.55. The summed E-state index contributed by atoms with van der Waals surface area (Å²) >= 11 is 0. The molecule has 3 N–H and O–H groups in total. The highest BCUT2D eigenvalue weighted by atomic mass is 16.3. The molecule has 166 valence electrons. The van der Waals surface area contributed by atoms with Crippen molar-refractivity contribution in [3.8, 4) is 0 Å². The number of aliphatic hydroxyl groups is 3. The molecular weight excluding hydrogens is 360 g/mol. The summed E-state index contributed by atoms with van der Waals surface area (Å²) in [4.78, 5) is 0. The summed E-state index contributed by atoms with van der Waals surface area (Å²) in [5, 5.41) is 32.2. The van der Waals surface area contributed by atoms with Gasteiger partial charge in [0.2, 0.25) is 0 Å². The first-order valence-corrected chi connectivity index (χ1v) is 12.4. The molecule has 3 saturated carbocycles. The summed E-state index contributed by atoms with van der Waals surface area (Å²) in [6, 6.07) is 0. The molecule has 0 aromatic rings. The number of hydrogen-bond donors (Lipinski definition) is 3. The fraction of sp³-hybridized carbons (Fsp3) is 0.923. The van der Waals surface area contributed by atoms with Gasteiger partial charge in [-0.1, -0.05) is 32.4 Å². The van der Waals surface area contributed by atoms with Gasteiger partial charge in [-0.15, -0.1) is 0 Å². The van der Waals surface area contributed by atoms with Gasteiger partial charge in [-0.2, -0.15) is 0 Å². The molecule has 0 aliphatic heterocycles. The van der Waals surface area contributed by atoms with Crippen LogP contribution in [-0.2, 0) is 0 Å². The highest BCUT2D eigenvalue weighted by molar-refractivity contribution is 5.20. The summed E-state index contributed by atoms with van der Waals surface area (Å²) in [6.45, 7) is 8.74. The van der Waals surface area contributed by atoms with Crippen LogP contribution >= 0.6 is 0 Å². The first-order valence-electron chi connectivity index (χ1n) is 12.4. The van der Waals surface area contributed by atoms with Crippen LogP contribution in [0.4, 0.5) is 0 Å². The standard InChI is InChI=1S/C26H44O3/c1-16(2)13-19(28)15-26(4,29)24-10-9-23-22-7-5-17-14-18(27)6-8-20(17)21(22)11-12-25(23,24)3/h5,16,18-24,27-29H,6-15H2,1-4H3/t18-,19-,20?,21?,22?,23+,24+,25+,26+/m1/s1. The molecule has 3 fully saturated rings. The van der Waals surface area contributed by atoms with Gasteiger partial charge < -0.3 is 15.3 Å². The fourth-order valence-corrected chi connectivity index (χ4v) is 8.52. The Morgan fingerprint density at radius 1 is 1.14 bits per heavy atom. The Kier molecular flexibility index (Phi) is 5.99. The molecule has 3 nitrogen and oxygen atoms in total. The van der Waals surface area contributed by atoms with E-state index in [1.165, 1.54) is 32.1 Å². The zero-order chi connectivity index (χ0) is 21.0. The molecule has 0 aromatic heterocycles. The number of allylic oxidation sites excluding steroid dienone is 1. The molecule has 0 radical (unpaired) electrons. The summed E-state index contributed by atoms with van der Waals surface area (Å²) in [5.41, 5.74) is 0.962. The minimum absolute atomic E-state index is 0.119. The molecular formula is C26H44O3. The van der Waals surface area contributed by atoms with E-state index in [9.17, 15) is 15.3 Å². The van der Waals surface area contributed by atoms with E-state index in [4.69, 9.17) is 0 Å². The second-order valence-corrected chi connectivity index (χ2v) is 12.0. The maximum Gasteiger partial charge on any atom is 0.0677 e. The van der Waals surface area contributed by atoms with Gasteiger partial charge in [0.05, 0.1) is 17.8 Å². The Bertz CT molecular complexity index is 623. The number of hydrogen-bond acceptors (Lipinski definition) is 3. The van der Waals surface area contributed by atoms with Crippen molar-refractivity contribution in [3.63, 3.8) is 0 Å². The van der Waals surface area contributed by atoms with Crippen LogP contribution in [0.2, 0.25) is 0 Å². The predicted octanol–water partition coefficient (Wildman–Crippen LogP) is 5.08. The normalized spacial score (nSPS) is 45.0. The van der Waals surface area contributed by atoms with Crippen molar-refractivity contribution in [1.82, 2.24) is 0 Å². The minimum Gasteiger partial charge on any atom is -0.393 e. The van der Waals surface area contributed by atoms with Gasteiger partial charge in [-0.25, -0.2) is 0 Å². The Morgan fingerprint density at radius 2 is 1.90 bits per heavy atom. The van der Waals surface area contributed by atoms with Crippen LogP contribution in [0.25, 0.3) is 0 Å². The third kappa shape index (κ3) is 3.96. The molecule has 0 aromatic carbocycles. The van der Waals surface area contributed by atoms with E-state index in [2.05, 4.69) is 26.8 Å². The number of fused-ring (bicyclic) bond motifs is 5. The van der Waals surface area contributed by atoms with E-state index >= 15 is 0 Å². The largest absolute Gasteiger partial charge is 0.393 e. The first-order chi connectivity index (χ1) is 13.6. The Hall–Kier alpha value is -0.380. The van der Waals surface area contributed by atoms with Crippen LogP contribution in [0.3, 0.4) is 0 Å². The molecule has 3 unspecified atom stereocenters. The zero-order valence-corrected chi connectivity index (χ0v) is 19.1. The van der Waals surface area contributed by atoms with Crippen molar-refractivity contribution in [1.29, 1.82) is 0 Å². The molecule has 4 rings (SSSR count). The number of rotatable bonds is 5. The SMILES string of the molecule is CC(C)C[C@@H](O)C[C@](C)(O)[C@H]1CC[C@H]2C3CC=C4C[C@H](O)CCC4C3CC[C@@]21C. The van der Waals surface area contributed by atoms with Crippen LogP contribution in [0.5, 0.6) is 0 Å². The Balaban J connectivity index is 1.50. The minimum atomic E-state index is -0.782. The van der Waals surface area contributed by atoms with Crippen LogP contribution < -0.4 is 0 Å². The molecule has 9 atom stereocenters. The number of aliphatic hydroxyl groups excluding tert-OH is 2. The van der Waals surface area contributed by atoms with Gasteiger partial charge in [0.15, 0.2) is 0 Å². The lowest BCUT2D eigenvalue weighted by molar-refractivity contribution is -0.109. The van der Waals surface area contributed by atoms with E-state index in [-0.39, 0.29) is 11.5 Å². The molecule has 4 aliphatic carbocycles. The maximum absolute atomic E-state index is 11.5. The average Bonchev–Trinajstić information content (AvgIpc) is 2.98. The molecule has 3 heteroatoms. The quantitative estimate of drug-likeness (QED) is 0.560. The van der Waals surface area contributed by atoms with E-state index < -0.39 is 11.7 Å². The lowest BCUT2D eigenvalue weighted by atomic mass is 9.50. The highest BCUT2D eigenvalue weighted by Gasteiger charge is 2.59. The van der Waals surface area contributed by atoms with Crippen LogP contribution in [0, 0.1) is 40.9 Å². The zero-order valence-electron chi connectivity index (χ0n) is 19.1. The van der Waals surface area contributed by atoms with Crippen LogP contribution in [0.1, 0.15) is 91.9 Å². The van der Waals surface area contributed by atoms with Crippen LogP contribution in [0.15, 0.2) is 11.6 Å². The van der Waals surface area contributed by atoms with Crippen molar-refractivity contribution in [3.05, 3.63) is 11.6 Å². The molecule has 29 heavy (non-hydrogen) atoms. The van der Waals surface area contributed by atoms with Crippen molar-refractivity contribution in [2.45, 2.75) is 110 Å². The lowest BCUT2D eigenvalue weighted by Crippen LogP contribution is -2.51. The Morgan fingerprint density at radius 3 is 2.62 bits per heavy atom. The van der Waals surface area contributed by atoms with Gasteiger partial charge in [0, 0.05) is 6.42 Å². The monoisotopic (exact) mass is 404 g/mol. The molecule has 0 saturated heterocycles. The summed E-state index contributed by atoms with van der Waals surface area (Å²) < 4.78 is 0. The third-order valence-electron chi connectivity index (χ3n) is 9.56. The van der Waals surface area contributed by atoms with E-state index in [1.807, 2.05) is 6.92 Å². The summed E-state index contributed by atoms with van der Waals surface area (Å²) in [5.74, 6) is 3.69. The summed E-state index contributed by atoms with van der Waals surface area (Å²) in [6.07, 6.45) is 12.3. The molecule has 0 heterocycles. The van der Waals surface area contributed by atoms with Crippen molar-refractivity contribution in [2.75, 3.05) is 0 Å². The van der Waals surface area contributed by atoms with Crippen molar-refractivity contribution in [2.24, 2.45) is 40.9 Å². The average molecular weight is 405 g/mol. The predicted molar refractivity (Wildman–Crippen MR) is 117 cm³/mol. The van der Waals surface area contributed by atoms with Crippen LogP contribution in [-0.4, -0.2) is 33.1 Å². The second kappa shape index (κ2) is 7.95. The fourth-order valence-electron chi connectivity index (χ4n) is 8.52. The van der Waals surface area contributed by atoms with E-state index in [0.29, 0.717) is 30.1 Å². The topological polar surface area (TPSA) is 60.7 Å². The van der Waals surface area contributed by atoms with E-state index in [0.717, 1.165) is 37.5 Å². The highest BCUT2D eigenvalue weighted by Crippen LogP contribution is 2.65. The maximum atomic E-state index is 11.5. The van der Waals surface area contributed by atoms with Gasteiger partial charge in [-0.3, -0.25) is 0 Å². The molecule has 0 amide bonds. The van der Waals surface area contributed by atoms with Gasteiger partial charge in [0.25, 0.3) is 0 Å². The van der Waals surface area contributed by atoms with Gasteiger partial charge in [-0.05, 0) is 106 Å². The van der Waals surface area contributed by atoms with Gasteiger partial charge >= 0.3 is 0 Å². The third-order valence-corrected chi connectivity index (χ3v) is 9.56. The first kappa shape index (κ1) is 21.8. The molecule has 0 spiro atoms. The second-order valence-electron chi connectivity index (χ2n) is 12.0. The Labute approximate surface area is 178 Å². The molecule has 0 bridgehead atoms. The van der Waals surface area contributed by atoms with Gasteiger partial charge in [0.1, 0.15) is 0 Å². The summed E-state index contributed by atoms with van der Waals surface area (Å²) in [7, 11) is 0. The van der Waals surface area contributed by atoms with E-state index in [1.54, 1.807) is 5.57 Å². The van der Waals surface area contributed by atoms with Crippen molar-refractivity contribution < 1.29 is 15.3 Å².